The molecule has 1 aromatic heterocycles. The maximum Gasteiger partial charge on any atom is 0.339 e. The number of benzene rings is 1. The Morgan fingerprint density at radius 1 is 1.15 bits per heavy atom. The lowest BCUT2D eigenvalue weighted by atomic mass is 9.99. The first-order valence-corrected chi connectivity index (χ1v) is 6.34. The van der Waals surface area contributed by atoms with Gasteiger partial charge in [0.05, 0.1) is 18.4 Å². The van der Waals surface area contributed by atoms with E-state index in [0.29, 0.717) is 23.2 Å². The van der Waals surface area contributed by atoms with Crippen molar-refractivity contribution < 1.29 is 14.3 Å². The molecule has 0 radical (unpaired) electrons. The molecule has 0 saturated heterocycles. The second kappa shape index (κ2) is 6.10. The second-order valence-corrected chi connectivity index (χ2v) is 4.25. The lowest BCUT2D eigenvalue weighted by Crippen LogP contribution is -2.03. The van der Waals surface area contributed by atoms with Crippen LogP contribution < -0.4 is 0 Å². The van der Waals surface area contributed by atoms with E-state index in [2.05, 4.69) is 9.72 Å². The number of esters is 1. The molecule has 0 bridgehead atoms. The van der Waals surface area contributed by atoms with E-state index in [9.17, 15) is 9.59 Å². The van der Waals surface area contributed by atoms with E-state index >= 15 is 0 Å². The molecule has 4 nitrogen and oxygen atoms in total. The van der Waals surface area contributed by atoms with Crippen LogP contribution in [0.1, 0.15) is 34.1 Å². The van der Waals surface area contributed by atoms with Crippen LogP contribution in [0.5, 0.6) is 0 Å². The molecule has 1 aromatic carbocycles. The van der Waals surface area contributed by atoms with Gasteiger partial charge in [0, 0.05) is 23.7 Å². The summed E-state index contributed by atoms with van der Waals surface area (Å²) in [6.45, 7) is 1.83. The average molecular weight is 269 g/mol. The van der Waals surface area contributed by atoms with Crippen molar-refractivity contribution in [2.24, 2.45) is 0 Å². The van der Waals surface area contributed by atoms with Crippen LogP contribution in [0.3, 0.4) is 0 Å². The van der Waals surface area contributed by atoms with Gasteiger partial charge in [-0.1, -0.05) is 31.2 Å². The molecule has 0 saturated carbocycles. The molecule has 102 valence electrons. The minimum atomic E-state index is -0.429. The summed E-state index contributed by atoms with van der Waals surface area (Å²) < 4.78 is 4.63. The fourth-order valence-electron chi connectivity index (χ4n) is 1.93. The normalized spacial score (nSPS) is 10.1. The Hall–Kier alpha value is -2.49. The Labute approximate surface area is 117 Å². The van der Waals surface area contributed by atoms with Gasteiger partial charge >= 0.3 is 5.97 Å². The number of rotatable bonds is 4. The number of hydrogen-bond donors (Lipinski definition) is 0. The highest BCUT2D eigenvalue weighted by Crippen LogP contribution is 2.23. The Kier molecular flexibility index (Phi) is 4.25. The molecule has 0 atom stereocenters. The van der Waals surface area contributed by atoms with Crippen LogP contribution in [-0.2, 0) is 4.74 Å². The maximum absolute atomic E-state index is 11.9. The molecule has 2 rings (SSSR count). The molecule has 2 aromatic rings. The van der Waals surface area contributed by atoms with Crippen LogP contribution >= 0.6 is 0 Å². The number of methoxy groups -OCH3 is 1. The summed E-state index contributed by atoms with van der Waals surface area (Å²) in [6.07, 6.45) is 1.89. The van der Waals surface area contributed by atoms with Crippen molar-refractivity contribution in [1.82, 2.24) is 4.98 Å². The summed E-state index contributed by atoms with van der Waals surface area (Å²) in [7, 11) is 1.32. The van der Waals surface area contributed by atoms with Crippen molar-refractivity contribution in [3.8, 4) is 11.3 Å². The smallest absolute Gasteiger partial charge is 0.339 e. The van der Waals surface area contributed by atoms with Gasteiger partial charge in [-0.25, -0.2) is 4.79 Å². The Morgan fingerprint density at radius 3 is 2.50 bits per heavy atom. The summed E-state index contributed by atoms with van der Waals surface area (Å²) in [5.41, 5.74) is 2.47. The van der Waals surface area contributed by atoms with Gasteiger partial charge < -0.3 is 4.74 Å². The van der Waals surface area contributed by atoms with E-state index in [4.69, 9.17) is 0 Å². The molecular weight excluding hydrogens is 254 g/mol. The summed E-state index contributed by atoms with van der Waals surface area (Å²) in [4.78, 5) is 27.5. The molecule has 0 aliphatic rings. The molecule has 0 fully saturated rings. The molecule has 0 aliphatic carbocycles. The lowest BCUT2D eigenvalue weighted by Gasteiger charge is -2.07. The van der Waals surface area contributed by atoms with Gasteiger partial charge in [-0.15, -0.1) is 0 Å². The molecule has 4 heteroatoms. The number of aromatic nitrogens is 1. The number of ether oxygens (including phenoxy) is 1. The third-order valence-electron chi connectivity index (χ3n) is 3.01. The largest absolute Gasteiger partial charge is 0.465 e. The SMILES string of the molecule is CCC(=O)c1ccccc1-c1ccc(C(=O)OC)cn1. The van der Waals surface area contributed by atoms with Gasteiger partial charge in [-0.05, 0) is 12.1 Å². The fraction of sp³-hybridized carbons (Fsp3) is 0.188. The van der Waals surface area contributed by atoms with Crippen molar-refractivity contribution in [2.45, 2.75) is 13.3 Å². The number of carbonyl (C=O) groups is 2. The summed E-state index contributed by atoms with van der Waals surface area (Å²) in [6, 6.07) is 10.7. The standard InChI is InChI=1S/C16H15NO3/c1-3-15(18)13-7-5-4-6-12(13)14-9-8-11(10-17-14)16(19)20-2/h4-10H,3H2,1-2H3. The third-order valence-corrected chi connectivity index (χ3v) is 3.01. The highest BCUT2D eigenvalue weighted by Gasteiger charge is 2.12. The number of nitrogens with zero attached hydrogens (tertiary/aromatic N) is 1. The second-order valence-electron chi connectivity index (χ2n) is 4.25. The summed E-state index contributed by atoms with van der Waals surface area (Å²) in [5, 5.41) is 0. The maximum atomic E-state index is 11.9. The Balaban J connectivity index is 2.42. The van der Waals surface area contributed by atoms with Crippen LogP contribution in [0.15, 0.2) is 42.6 Å². The summed E-state index contributed by atoms with van der Waals surface area (Å²) in [5.74, 6) is -0.360. The van der Waals surface area contributed by atoms with Crippen LogP contribution in [0.2, 0.25) is 0 Å². The first kappa shape index (κ1) is 13.9. The van der Waals surface area contributed by atoms with Crippen molar-refractivity contribution in [1.29, 1.82) is 0 Å². The van der Waals surface area contributed by atoms with E-state index in [1.54, 1.807) is 18.2 Å². The molecule has 0 aliphatic heterocycles. The monoisotopic (exact) mass is 269 g/mol. The van der Waals surface area contributed by atoms with E-state index < -0.39 is 5.97 Å². The van der Waals surface area contributed by atoms with Crippen LogP contribution in [0.4, 0.5) is 0 Å². The number of pyridine rings is 1. The number of hydrogen-bond acceptors (Lipinski definition) is 4. The van der Waals surface area contributed by atoms with E-state index in [1.165, 1.54) is 13.3 Å². The highest BCUT2D eigenvalue weighted by atomic mass is 16.5. The van der Waals surface area contributed by atoms with E-state index in [0.717, 1.165) is 5.56 Å². The Bertz CT molecular complexity index is 632. The lowest BCUT2D eigenvalue weighted by molar-refractivity contribution is 0.0600. The molecule has 0 amide bonds. The Morgan fingerprint density at radius 2 is 1.90 bits per heavy atom. The molecule has 0 unspecified atom stereocenters. The molecule has 0 N–H and O–H groups in total. The molecular formula is C16H15NO3. The number of ketones is 1. The van der Waals surface area contributed by atoms with Crippen molar-refractivity contribution in [3.05, 3.63) is 53.7 Å². The van der Waals surface area contributed by atoms with Crippen LogP contribution in [0, 0.1) is 0 Å². The number of Topliss-reactive ketones (excluding diaryl/α,β-unsaturated/α-hetero) is 1. The fourth-order valence-corrected chi connectivity index (χ4v) is 1.93. The van der Waals surface area contributed by atoms with Gasteiger partial charge in [0.25, 0.3) is 0 Å². The van der Waals surface area contributed by atoms with Crippen molar-refractivity contribution in [2.75, 3.05) is 7.11 Å². The van der Waals surface area contributed by atoms with Crippen LogP contribution in [-0.4, -0.2) is 23.8 Å². The van der Waals surface area contributed by atoms with Crippen molar-refractivity contribution in [3.63, 3.8) is 0 Å². The van der Waals surface area contributed by atoms with Gasteiger partial charge in [-0.2, -0.15) is 0 Å². The summed E-state index contributed by atoms with van der Waals surface area (Å²) >= 11 is 0. The molecule has 20 heavy (non-hydrogen) atoms. The van der Waals surface area contributed by atoms with Crippen molar-refractivity contribution >= 4 is 11.8 Å². The van der Waals surface area contributed by atoms with E-state index in [-0.39, 0.29) is 5.78 Å². The first-order valence-electron chi connectivity index (χ1n) is 6.34. The topological polar surface area (TPSA) is 56.3 Å². The number of carbonyl (C=O) groups excluding carboxylic acids is 2. The van der Waals surface area contributed by atoms with Gasteiger partial charge in [-0.3, -0.25) is 9.78 Å². The van der Waals surface area contributed by atoms with Gasteiger partial charge in [0.1, 0.15) is 0 Å². The average Bonchev–Trinajstić information content (AvgIpc) is 2.53. The quantitative estimate of drug-likeness (QED) is 0.632. The first-order chi connectivity index (χ1) is 9.67. The van der Waals surface area contributed by atoms with E-state index in [1.807, 2.05) is 25.1 Å². The zero-order valence-electron chi connectivity index (χ0n) is 11.4. The highest BCUT2D eigenvalue weighted by molar-refractivity contribution is 6.01. The zero-order valence-corrected chi connectivity index (χ0v) is 11.4. The predicted octanol–water partition coefficient (Wildman–Crippen LogP) is 3.13. The minimum Gasteiger partial charge on any atom is -0.465 e. The predicted molar refractivity (Wildman–Crippen MR) is 75.6 cm³/mol. The molecule has 1 heterocycles. The van der Waals surface area contributed by atoms with Crippen LogP contribution in [0.25, 0.3) is 11.3 Å². The third kappa shape index (κ3) is 2.74. The zero-order chi connectivity index (χ0) is 14.5. The van der Waals surface area contributed by atoms with Gasteiger partial charge in [0.2, 0.25) is 0 Å². The van der Waals surface area contributed by atoms with Gasteiger partial charge in [0.15, 0.2) is 5.78 Å². The molecule has 0 spiro atoms. The minimum absolute atomic E-state index is 0.0689.